The molecule has 1 aromatic carbocycles. The normalized spacial score (nSPS) is 12.0. The number of hydrogen-bond donors (Lipinski definition) is 2. The Bertz CT molecular complexity index is 737. The number of benzene rings is 1. The number of carboxylic acid groups (broad SMARTS) is 1. The Balaban J connectivity index is 2.20. The number of aromatic nitrogens is 1. The van der Waals surface area contributed by atoms with Gasteiger partial charge in [-0.3, -0.25) is 4.79 Å². The molecule has 0 aliphatic carbocycles. The van der Waals surface area contributed by atoms with Crippen molar-refractivity contribution in [2.45, 2.75) is 33.6 Å². The number of amides is 1. The van der Waals surface area contributed by atoms with Gasteiger partial charge in [-0.2, -0.15) is 0 Å². The molecular weight excluding hydrogens is 300 g/mol. The molecule has 0 spiro atoms. The van der Waals surface area contributed by atoms with Crippen LogP contribution in [0.25, 0.3) is 0 Å². The third-order valence-electron chi connectivity index (χ3n) is 3.42. The van der Waals surface area contributed by atoms with E-state index in [0.29, 0.717) is 10.7 Å². The fourth-order valence-electron chi connectivity index (χ4n) is 2.02. The Morgan fingerprint density at radius 2 is 1.95 bits per heavy atom. The highest BCUT2D eigenvalue weighted by molar-refractivity contribution is 7.13. The molecular formula is C16H18N2O3S. The highest BCUT2D eigenvalue weighted by Gasteiger charge is 2.23. The summed E-state index contributed by atoms with van der Waals surface area (Å²) in [5.41, 5.74) is 3.25. The molecule has 22 heavy (non-hydrogen) atoms. The Labute approximate surface area is 133 Å². The summed E-state index contributed by atoms with van der Waals surface area (Å²) >= 11 is 1.05. The van der Waals surface area contributed by atoms with Crippen LogP contribution in [-0.2, 0) is 4.79 Å². The van der Waals surface area contributed by atoms with Crippen molar-refractivity contribution in [3.05, 3.63) is 44.9 Å². The third kappa shape index (κ3) is 3.33. The molecule has 2 N–H and O–H groups in total. The minimum absolute atomic E-state index is 0.182. The second-order valence-corrected chi connectivity index (χ2v) is 6.33. The maximum atomic E-state index is 12.4. The van der Waals surface area contributed by atoms with E-state index >= 15 is 0 Å². The number of rotatable bonds is 4. The first-order chi connectivity index (χ1) is 10.3. The van der Waals surface area contributed by atoms with Gasteiger partial charge in [-0.1, -0.05) is 12.1 Å². The van der Waals surface area contributed by atoms with Crippen LogP contribution in [-0.4, -0.2) is 22.0 Å². The first-order valence-corrected chi connectivity index (χ1v) is 7.70. The molecule has 1 amide bonds. The molecule has 1 heterocycles. The van der Waals surface area contributed by atoms with Crippen LogP contribution in [0.15, 0.2) is 18.2 Å². The van der Waals surface area contributed by atoms with Gasteiger partial charge in [0.05, 0.1) is 11.6 Å². The van der Waals surface area contributed by atoms with E-state index in [1.54, 1.807) is 13.8 Å². The van der Waals surface area contributed by atoms with Crippen molar-refractivity contribution in [2.24, 2.45) is 0 Å². The minimum Gasteiger partial charge on any atom is -0.477 e. The first-order valence-electron chi connectivity index (χ1n) is 6.88. The molecule has 1 atom stereocenters. The molecule has 0 saturated heterocycles. The SMILES string of the molecule is Cc1ccc(C)c(NC(=O)[C@H](C)c2nc(C)c(C(=O)O)s2)c1. The molecule has 2 aromatic rings. The summed E-state index contributed by atoms with van der Waals surface area (Å²) in [5, 5.41) is 12.5. The Kier molecular flexibility index (Phi) is 4.61. The summed E-state index contributed by atoms with van der Waals surface area (Å²) in [4.78, 5) is 27.8. The van der Waals surface area contributed by atoms with Crippen LogP contribution in [0.1, 0.15) is 44.3 Å². The first kappa shape index (κ1) is 16.2. The van der Waals surface area contributed by atoms with E-state index in [-0.39, 0.29) is 10.8 Å². The second kappa shape index (κ2) is 6.27. The number of nitrogens with zero attached hydrogens (tertiary/aromatic N) is 1. The Hall–Kier alpha value is -2.21. The lowest BCUT2D eigenvalue weighted by atomic mass is 10.1. The van der Waals surface area contributed by atoms with Crippen LogP contribution in [0.5, 0.6) is 0 Å². The highest BCUT2D eigenvalue weighted by atomic mass is 32.1. The summed E-state index contributed by atoms with van der Waals surface area (Å²) in [5.74, 6) is -1.71. The van der Waals surface area contributed by atoms with Gasteiger partial charge in [0, 0.05) is 5.69 Å². The predicted octanol–water partition coefficient (Wildman–Crippen LogP) is 3.51. The van der Waals surface area contributed by atoms with Crippen LogP contribution < -0.4 is 5.32 Å². The van der Waals surface area contributed by atoms with Gasteiger partial charge < -0.3 is 10.4 Å². The number of aryl methyl sites for hydroxylation is 3. The number of aromatic carboxylic acids is 1. The van der Waals surface area contributed by atoms with Gasteiger partial charge >= 0.3 is 5.97 Å². The number of hydrogen-bond acceptors (Lipinski definition) is 4. The molecule has 0 unspecified atom stereocenters. The monoisotopic (exact) mass is 318 g/mol. The van der Waals surface area contributed by atoms with E-state index in [4.69, 9.17) is 5.11 Å². The van der Waals surface area contributed by atoms with Gasteiger partial charge in [-0.05, 0) is 44.9 Å². The molecule has 0 aliphatic rings. The Morgan fingerprint density at radius 3 is 2.55 bits per heavy atom. The molecule has 0 fully saturated rings. The van der Waals surface area contributed by atoms with Crippen molar-refractivity contribution in [1.29, 1.82) is 0 Å². The van der Waals surface area contributed by atoms with Crippen LogP contribution in [0.4, 0.5) is 5.69 Å². The maximum absolute atomic E-state index is 12.4. The highest BCUT2D eigenvalue weighted by Crippen LogP contribution is 2.26. The molecule has 0 saturated carbocycles. The molecule has 0 bridgehead atoms. The molecule has 2 rings (SSSR count). The van der Waals surface area contributed by atoms with Crippen LogP contribution in [0.3, 0.4) is 0 Å². The lowest BCUT2D eigenvalue weighted by molar-refractivity contribution is -0.117. The van der Waals surface area contributed by atoms with Gasteiger partial charge in [0.1, 0.15) is 9.88 Å². The van der Waals surface area contributed by atoms with Crippen LogP contribution in [0, 0.1) is 20.8 Å². The number of carbonyl (C=O) groups excluding carboxylic acids is 1. The van der Waals surface area contributed by atoms with E-state index in [1.807, 2.05) is 32.0 Å². The average molecular weight is 318 g/mol. The van der Waals surface area contributed by atoms with Crippen molar-refractivity contribution in [2.75, 3.05) is 5.32 Å². The van der Waals surface area contributed by atoms with Crippen molar-refractivity contribution in [1.82, 2.24) is 4.98 Å². The van der Waals surface area contributed by atoms with E-state index in [0.717, 1.165) is 28.2 Å². The van der Waals surface area contributed by atoms with Crippen molar-refractivity contribution in [3.8, 4) is 0 Å². The zero-order chi connectivity index (χ0) is 16.4. The number of thiazole rings is 1. The van der Waals surface area contributed by atoms with Crippen molar-refractivity contribution < 1.29 is 14.7 Å². The lowest BCUT2D eigenvalue weighted by Crippen LogP contribution is -2.19. The summed E-state index contributed by atoms with van der Waals surface area (Å²) in [6.45, 7) is 7.25. The zero-order valence-electron chi connectivity index (χ0n) is 12.9. The predicted molar refractivity (Wildman–Crippen MR) is 86.8 cm³/mol. The van der Waals surface area contributed by atoms with Gasteiger partial charge in [0.25, 0.3) is 0 Å². The third-order valence-corrected chi connectivity index (χ3v) is 4.75. The maximum Gasteiger partial charge on any atom is 0.347 e. The summed E-state index contributed by atoms with van der Waals surface area (Å²) < 4.78 is 0. The molecule has 1 aromatic heterocycles. The average Bonchev–Trinajstić information content (AvgIpc) is 2.84. The zero-order valence-corrected chi connectivity index (χ0v) is 13.7. The summed E-state index contributed by atoms with van der Waals surface area (Å²) in [6, 6.07) is 5.85. The number of nitrogens with one attached hydrogen (secondary N) is 1. The number of carbonyl (C=O) groups is 2. The standard InChI is InChI=1S/C16H18N2O3S/c1-8-5-6-9(2)12(7-8)18-14(19)10(3)15-17-11(4)13(22-15)16(20)21/h5-7,10H,1-4H3,(H,18,19)(H,20,21)/t10-/m0/s1. The lowest BCUT2D eigenvalue weighted by Gasteiger charge is -2.12. The summed E-state index contributed by atoms with van der Waals surface area (Å²) in [6.07, 6.45) is 0. The molecule has 0 radical (unpaired) electrons. The van der Waals surface area contributed by atoms with Gasteiger partial charge in [0.2, 0.25) is 5.91 Å². The van der Waals surface area contributed by atoms with E-state index in [1.165, 1.54) is 0 Å². The molecule has 116 valence electrons. The van der Waals surface area contributed by atoms with Crippen LogP contribution >= 0.6 is 11.3 Å². The van der Waals surface area contributed by atoms with Crippen LogP contribution in [0.2, 0.25) is 0 Å². The number of carboxylic acids is 1. The smallest absolute Gasteiger partial charge is 0.347 e. The fraction of sp³-hybridized carbons (Fsp3) is 0.312. The van der Waals surface area contributed by atoms with E-state index in [2.05, 4.69) is 10.3 Å². The van der Waals surface area contributed by atoms with Gasteiger partial charge in [-0.15, -0.1) is 11.3 Å². The number of anilines is 1. The minimum atomic E-state index is -1.01. The Morgan fingerprint density at radius 1 is 1.27 bits per heavy atom. The fourth-order valence-corrected chi connectivity index (χ4v) is 2.98. The molecule has 6 heteroatoms. The topological polar surface area (TPSA) is 79.3 Å². The van der Waals surface area contributed by atoms with Gasteiger partial charge in [0.15, 0.2) is 0 Å². The largest absolute Gasteiger partial charge is 0.477 e. The van der Waals surface area contributed by atoms with E-state index in [9.17, 15) is 9.59 Å². The van der Waals surface area contributed by atoms with E-state index < -0.39 is 11.9 Å². The van der Waals surface area contributed by atoms with Crippen molar-refractivity contribution >= 4 is 28.9 Å². The second-order valence-electron chi connectivity index (χ2n) is 5.30. The van der Waals surface area contributed by atoms with Gasteiger partial charge in [-0.25, -0.2) is 9.78 Å². The molecule has 0 aliphatic heterocycles. The molecule has 5 nitrogen and oxygen atoms in total. The van der Waals surface area contributed by atoms with Crippen molar-refractivity contribution in [3.63, 3.8) is 0 Å². The summed E-state index contributed by atoms with van der Waals surface area (Å²) in [7, 11) is 0. The quantitative estimate of drug-likeness (QED) is 0.904.